The molecule has 1 saturated heterocycles. The standard InChI is InChI=1S/C21H21N5O2/c22-21-23-18-6-5-16(25-7-9-28-10-8-25)11-17(18)19(24-21)20(27)26-12-14-3-1-2-4-15(14)13-26/h1-6,11H,7-10,12-13H2,(H2,22,23,24). The summed E-state index contributed by atoms with van der Waals surface area (Å²) in [5, 5.41) is 0.735. The molecule has 142 valence electrons. The Bertz CT molecular complexity index is 1040. The van der Waals surface area contributed by atoms with Crippen LogP contribution in [0.1, 0.15) is 21.6 Å². The molecule has 2 aromatic carbocycles. The molecule has 7 heteroatoms. The normalized spacial score (nSPS) is 16.4. The minimum absolute atomic E-state index is 0.116. The van der Waals surface area contributed by atoms with Gasteiger partial charge < -0.3 is 20.3 Å². The van der Waals surface area contributed by atoms with Gasteiger partial charge in [-0.2, -0.15) is 0 Å². The average Bonchev–Trinajstić information content (AvgIpc) is 3.17. The van der Waals surface area contributed by atoms with Crippen molar-refractivity contribution < 1.29 is 9.53 Å². The molecule has 2 aliphatic rings. The SMILES string of the molecule is Nc1nc(C(=O)N2Cc3ccccc3C2)c2cc(N3CCOCC3)ccc2n1. The van der Waals surface area contributed by atoms with Gasteiger partial charge in [-0.05, 0) is 29.3 Å². The Balaban J connectivity index is 1.53. The average molecular weight is 375 g/mol. The van der Waals surface area contributed by atoms with Crippen molar-refractivity contribution in [1.29, 1.82) is 0 Å². The molecule has 1 aromatic heterocycles. The maximum absolute atomic E-state index is 13.3. The molecule has 1 amide bonds. The summed E-state index contributed by atoms with van der Waals surface area (Å²) in [6, 6.07) is 14.0. The number of hydrogen-bond donors (Lipinski definition) is 1. The number of rotatable bonds is 2. The molecular formula is C21H21N5O2. The van der Waals surface area contributed by atoms with Gasteiger partial charge in [0.1, 0.15) is 5.69 Å². The zero-order valence-corrected chi connectivity index (χ0v) is 15.5. The minimum Gasteiger partial charge on any atom is -0.378 e. The molecule has 0 bridgehead atoms. The highest BCUT2D eigenvalue weighted by Crippen LogP contribution is 2.28. The number of nitrogen functional groups attached to an aromatic ring is 1. The summed E-state index contributed by atoms with van der Waals surface area (Å²) in [4.78, 5) is 26.0. The van der Waals surface area contributed by atoms with E-state index in [9.17, 15) is 4.79 Å². The fourth-order valence-electron chi connectivity index (χ4n) is 3.94. The first-order chi connectivity index (χ1) is 13.7. The number of hydrogen-bond acceptors (Lipinski definition) is 6. The van der Waals surface area contributed by atoms with Crippen LogP contribution in [0.15, 0.2) is 42.5 Å². The smallest absolute Gasteiger partial charge is 0.273 e. The number of morpholine rings is 1. The van der Waals surface area contributed by atoms with Crippen LogP contribution in [-0.4, -0.2) is 47.1 Å². The Labute approximate surface area is 162 Å². The number of fused-ring (bicyclic) bond motifs is 2. The number of amides is 1. The van der Waals surface area contributed by atoms with Crippen LogP contribution in [0.5, 0.6) is 0 Å². The first kappa shape index (κ1) is 16.9. The van der Waals surface area contributed by atoms with Crippen LogP contribution in [0.25, 0.3) is 10.9 Å². The van der Waals surface area contributed by atoms with Crippen molar-refractivity contribution in [2.75, 3.05) is 36.9 Å². The van der Waals surface area contributed by atoms with Crippen LogP contribution in [0, 0.1) is 0 Å². The zero-order valence-electron chi connectivity index (χ0n) is 15.5. The number of nitrogens with two attached hydrogens (primary N) is 1. The van der Waals surface area contributed by atoms with Gasteiger partial charge in [-0.3, -0.25) is 4.79 Å². The van der Waals surface area contributed by atoms with Crippen LogP contribution in [0.2, 0.25) is 0 Å². The summed E-state index contributed by atoms with van der Waals surface area (Å²) in [5.41, 5.74) is 10.4. The molecule has 0 spiro atoms. The summed E-state index contributed by atoms with van der Waals surface area (Å²) < 4.78 is 5.44. The van der Waals surface area contributed by atoms with E-state index < -0.39 is 0 Å². The second-order valence-electron chi connectivity index (χ2n) is 7.16. The Kier molecular flexibility index (Phi) is 4.09. The predicted molar refractivity (Wildman–Crippen MR) is 107 cm³/mol. The maximum atomic E-state index is 13.3. The topological polar surface area (TPSA) is 84.6 Å². The minimum atomic E-state index is -0.116. The molecule has 0 aliphatic carbocycles. The molecule has 2 aliphatic heterocycles. The molecule has 7 nitrogen and oxygen atoms in total. The quantitative estimate of drug-likeness (QED) is 0.739. The highest BCUT2D eigenvalue weighted by atomic mass is 16.5. The van der Waals surface area contributed by atoms with E-state index in [1.165, 1.54) is 11.1 Å². The van der Waals surface area contributed by atoms with Crippen molar-refractivity contribution in [2.24, 2.45) is 0 Å². The molecular weight excluding hydrogens is 354 g/mol. The van der Waals surface area contributed by atoms with E-state index in [1.807, 2.05) is 35.2 Å². The maximum Gasteiger partial charge on any atom is 0.273 e. The Morgan fingerprint density at radius 3 is 2.43 bits per heavy atom. The number of nitrogens with zero attached hydrogens (tertiary/aromatic N) is 4. The Morgan fingerprint density at radius 2 is 1.71 bits per heavy atom. The third-order valence-corrected chi connectivity index (χ3v) is 5.40. The van der Waals surface area contributed by atoms with Crippen LogP contribution in [0.3, 0.4) is 0 Å². The number of carbonyl (C=O) groups excluding carboxylic acids is 1. The zero-order chi connectivity index (χ0) is 19.1. The fraction of sp³-hybridized carbons (Fsp3) is 0.286. The van der Waals surface area contributed by atoms with Gasteiger partial charge in [-0.25, -0.2) is 9.97 Å². The Morgan fingerprint density at radius 1 is 1.00 bits per heavy atom. The van der Waals surface area contributed by atoms with Gasteiger partial charge in [0.15, 0.2) is 0 Å². The highest BCUT2D eigenvalue weighted by molar-refractivity contribution is 6.05. The van der Waals surface area contributed by atoms with Crippen molar-refractivity contribution >= 4 is 28.4 Å². The van der Waals surface area contributed by atoms with E-state index in [4.69, 9.17) is 10.5 Å². The van der Waals surface area contributed by atoms with Crippen molar-refractivity contribution in [3.63, 3.8) is 0 Å². The summed E-state index contributed by atoms with van der Waals surface area (Å²) >= 11 is 0. The molecule has 5 rings (SSSR count). The van der Waals surface area contributed by atoms with Crippen LogP contribution >= 0.6 is 0 Å². The van der Waals surface area contributed by atoms with Crippen LogP contribution < -0.4 is 10.6 Å². The number of aromatic nitrogens is 2. The molecule has 3 aromatic rings. The Hall–Kier alpha value is -3.19. The lowest BCUT2D eigenvalue weighted by Crippen LogP contribution is -2.36. The van der Waals surface area contributed by atoms with Crippen LogP contribution in [0.4, 0.5) is 11.6 Å². The molecule has 1 fully saturated rings. The van der Waals surface area contributed by atoms with E-state index >= 15 is 0 Å². The number of anilines is 2. The van der Waals surface area contributed by atoms with Crippen molar-refractivity contribution in [2.45, 2.75) is 13.1 Å². The molecule has 0 radical (unpaired) electrons. The lowest BCUT2D eigenvalue weighted by atomic mass is 10.1. The summed E-state index contributed by atoms with van der Waals surface area (Å²) in [5.74, 6) is 0.00103. The van der Waals surface area contributed by atoms with E-state index in [-0.39, 0.29) is 11.9 Å². The van der Waals surface area contributed by atoms with E-state index in [0.717, 1.165) is 24.2 Å². The van der Waals surface area contributed by atoms with Gasteiger partial charge >= 0.3 is 0 Å². The lowest BCUT2D eigenvalue weighted by Gasteiger charge is -2.29. The van der Waals surface area contributed by atoms with Crippen LogP contribution in [-0.2, 0) is 17.8 Å². The van der Waals surface area contributed by atoms with Gasteiger partial charge in [-0.1, -0.05) is 24.3 Å². The molecule has 2 N–H and O–H groups in total. The van der Waals surface area contributed by atoms with Crippen molar-refractivity contribution in [3.05, 3.63) is 59.3 Å². The number of carbonyl (C=O) groups is 1. The van der Waals surface area contributed by atoms with Gasteiger partial charge in [0.2, 0.25) is 5.95 Å². The summed E-state index contributed by atoms with van der Waals surface area (Å²) in [6.45, 7) is 4.23. The highest BCUT2D eigenvalue weighted by Gasteiger charge is 2.27. The third kappa shape index (κ3) is 2.93. The predicted octanol–water partition coefficient (Wildman–Crippen LogP) is 2.20. The fourth-order valence-corrected chi connectivity index (χ4v) is 3.94. The number of benzene rings is 2. The monoisotopic (exact) mass is 375 g/mol. The number of ether oxygens (including phenoxy) is 1. The first-order valence-corrected chi connectivity index (χ1v) is 9.45. The molecule has 0 saturated carbocycles. The third-order valence-electron chi connectivity index (χ3n) is 5.40. The molecule has 0 unspecified atom stereocenters. The molecule has 0 atom stereocenters. The summed E-state index contributed by atoms with van der Waals surface area (Å²) in [7, 11) is 0. The van der Waals surface area contributed by atoms with E-state index in [0.29, 0.717) is 37.5 Å². The second-order valence-corrected chi connectivity index (χ2v) is 7.16. The van der Waals surface area contributed by atoms with Gasteiger partial charge in [0.25, 0.3) is 5.91 Å². The first-order valence-electron chi connectivity index (χ1n) is 9.45. The van der Waals surface area contributed by atoms with Crippen molar-refractivity contribution in [3.8, 4) is 0 Å². The van der Waals surface area contributed by atoms with Gasteiger partial charge in [0, 0.05) is 37.3 Å². The molecule has 3 heterocycles. The second kappa shape index (κ2) is 6.76. The van der Waals surface area contributed by atoms with E-state index in [1.54, 1.807) is 0 Å². The molecule has 28 heavy (non-hydrogen) atoms. The lowest BCUT2D eigenvalue weighted by molar-refractivity contribution is 0.0747. The summed E-state index contributed by atoms with van der Waals surface area (Å²) in [6.07, 6.45) is 0. The largest absolute Gasteiger partial charge is 0.378 e. The van der Waals surface area contributed by atoms with E-state index in [2.05, 4.69) is 27.0 Å². The van der Waals surface area contributed by atoms with Crippen molar-refractivity contribution in [1.82, 2.24) is 14.9 Å². The van der Waals surface area contributed by atoms with Gasteiger partial charge in [-0.15, -0.1) is 0 Å². The van der Waals surface area contributed by atoms with Gasteiger partial charge in [0.05, 0.1) is 18.7 Å².